The van der Waals surface area contributed by atoms with Crippen LogP contribution in [0, 0.1) is 11.3 Å². The van der Waals surface area contributed by atoms with Gasteiger partial charge >= 0.3 is 0 Å². The average Bonchev–Trinajstić information content (AvgIpc) is 2.36. The number of hydrogen-bond donors (Lipinski definition) is 0. The molecule has 0 bridgehead atoms. The van der Waals surface area contributed by atoms with Crippen molar-refractivity contribution in [3.63, 3.8) is 0 Å². The molecule has 1 aromatic heterocycles. The number of nitriles is 1. The van der Waals surface area contributed by atoms with Crippen molar-refractivity contribution in [1.29, 1.82) is 5.26 Å². The Bertz CT molecular complexity index is 285. The SMILES string of the molecule is CN(C)Cc1ncc(CC#N)s1. The standard InChI is InChI=1S/C8H11N3S/c1-11(2)6-8-10-5-7(12-8)3-4-9/h5H,3,6H2,1-2H3. The predicted octanol–water partition coefficient (Wildman–Crippen LogP) is 1.27. The van der Waals surface area contributed by atoms with Crippen LogP contribution in [0.25, 0.3) is 0 Å². The first-order valence-corrected chi connectivity index (χ1v) is 4.49. The van der Waals surface area contributed by atoms with Gasteiger partial charge in [0, 0.05) is 17.6 Å². The molecule has 0 radical (unpaired) electrons. The fourth-order valence-corrected chi connectivity index (χ4v) is 1.82. The number of aromatic nitrogens is 1. The van der Waals surface area contributed by atoms with E-state index in [0.29, 0.717) is 6.42 Å². The third kappa shape index (κ3) is 2.61. The molecular formula is C8H11N3S. The Balaban J connectivity index is 2.59. The summed E-state index contributed by atoms with van der Waals surface area (Å²) in [6.07, 6.45) is 2.26. The number of rotatable bonds is 3. The molecule has 0 unspecified atom stereocenters. The molecule has 64 valence electrons. The zero-order valence-corrected chi connectivity index (χ0v) is 8.06. The summed E-state index contributed by atoms with van der Waals surface area (Å²) in [5, 5.41) is 9.50. The fraction of sp³-hybridized carbons (Fsp3) is 0.500. The average molecular weight is 181 g/mol. The zero-order chi connectivity index (χ0) is 8.97. The molecular weight excluding hydrogens is 170 g/mol. The quantitative estimate of drug-likeness (QED) is 0.705. The summed E-state index contributed by atoms with van der Waals surface area (Å²) in [7, 11) is 4.01. The van der Waals surface area contributed by atoms with E-state index in [-0.39, 0.29) is 0 Å². The minimum absolute atomic E-state index is 0.477. The van der Waals surface area contributed by atoms with Crippen LogP contribution in [0.2, 0.25) is 0 Å². The van der Waals surface area contributed by atoms with E-state index in [1.165, 1.54) is 0 Å². The fourth-order valence-electron chi connectivity index (χ4n) is 0.851. The Labute approximate surface area is 76.3 Å². The third-order valence-electron chi connectivity index (χ3n) is 1.31. The Hall–Kier alpha value is -0.920. The first-order chi connectivity index (χ1) is 5.72. The Morgan fingerprint density at radius 3 is 3.00 bits per heavy atom. The van der Waals surface area contributed by atoms with Crippen LogP contribution in [0.3, 0.4) is 0 Å². The predicted molar refractivity (Wildman–Crippen MR) is 48.8 cm³/mol. The van der Waals surface area contributed by atoms with Gasteiger partial charge in [0.2, 0.25) is 0 Å². The van der Waals surface area contributed by atoms with Crippen LogP contribution in [0.5, 0.6) is 0 Å². The molecule has 0 aliphatic rings. The van der Waals surface area contributed by atoms with Gasteiger partial charge < -0.3 is 4.90 Å². The molecule has 1 heterocycles. The highest BCUT2D eigenvalue weighted by atomic mass is 32.1. The summed E-state index contributed by atoms with van der Waals surface area (Å²) >= 11 is 1.61. The van der Waals surface area contributed by atoms with Gasteiger partial charge in [-0.05, 0) is 14.1 Å². The molecule has 4 heteroatoms. The minimum Gasteiger partial charge on any atom is -0.303 e. The van der Waals surface area contributed by atoms with Crippen molar-refractivity contribution in [3.05, 3.63) is 16.1 Å². The van der Waals surface area contributed by atoms with Gasteiger partial charge in [-0.1, -0.05) is 0 Å². The van der Waals surface area contributed by atoms with Gasteiger partial charge in [0.1, 0.15) is 5.01 Å². The minimum atomic E-state index is 0.477. The van der Waals surface area contributed by atoms with Gasteiger partial charge in [-0.15, -0.1) is 11.3 Å². The van der Waals surface area contributed by atoms with E-state index in [2.05, 4.69) is 16.0 Å². The maximum absolute atomic E-state index is 8.43. The molecule has 0 aliphatic heterocycles. The van der Waals surface area contributed by atoms with Crippen molar-refractivity contribution in [1.82, 2.24) is 9.88 Å². The largest absolute Gasteiger partial charge is 0.303 e. The van der Waals surface area contributed by atoms with Crippen molar-refractivity contribution in [2.75, 3.05) is 14.1 Å². The number of thiazole rings is 1. The van der Waals surface area contributed by atoms with Crippen LogP contribution in [0.15, 0.2) is 6.20 Å². The van der Waals surface area contributed by atoms with Crippen LogP contribution in [-0.4, -0.2) is 24.0 Å². The molecule has 1 rings (SSSR count). The van der Waals surface area contributed by atoms with Crippen LogP contribution < -0.4 is 0 Å². The van der Waals surface area contributed by atoms with E-state index in [9.17, 15) is 0 Å². The lowest BCUT2D eigenvalue weighted by atomic mass is 10.4. The van der Waals surface area contributed by atoms with Crippen molar-refractivity contribution in [2.24, 2.45) is 0 Å². The summed E-state index contributed by atoms with van der Waals surface area (Å²) in [4.78, 5) is 7.32. The normalized spacial score (nSPS) is 10.2. The van der Waals surface area contributed by atoms with Crippen LogP contribution in [0.4, 0.5) is 0 Å². The van der Waals surface area contributed by atoms with E-state index in [0.717, 1.165) is 16.4 Å². The van der Waals surface area contributed by atoms with Gasteiger partial charge in [0.05, 0.1) is 12.5 Å². The van der Waals surface area contributed by atoms with Gasteiger partial charge in [0.25, 0.3) is 0 Å². The van der Waals surface area contributed by atoms with Gasteiger partial charge in [0.15, 0.2) is 0 Å². The van der Waals surface area contributed by atoms with E-state index in [1.54, 1.807) is 17.5 Å². The van der Waals surface area contributed by atoms with Crippen molar-refractivity contribution < 1.29 is 0 Å². The van der Waals surface area contributed by atoms with Gasteiger partial charge in [-0.2, -0.15) is 5.26 Å². The molecule has 3 nitrogen and oxygen atoms in total. The van der Waals surface area contributed by atoms with Gasteiger partial charge in [-0.3, -0.25) is 0 Å². The lowest BCUT2D eigenvalue weighted by Gasteiger charge is -2.04. The second-order valence-electron chi connectivity index (χ2n) is 2.79. The third-order valence-corrected chi connectivity index (χ3v) is 2.29. The second-order valence-corrected chi connectivity index (χ2v) is 3.99. The summed E-state index contributed by atoms with van der Waals surface area (Å²) in [6.45, 7) is 0.857. The maximum Gasteiger partial charge on any atom is 0.107 e. The molecule has 0 saturated heterocycles. The molecule has 0 fully saturated rings. The lowest BCUT2D eigenvalue weighted by molar-refractivity contribution is 0.401. The van der Waals surface area contributed by atoms with Crippen LogP contribution in [-0.2, 0) is 13.0 Å². The van der Waals surface area contributed by atoms with Crippen LogP contribution >= 0.6 is 11.3 Å². The highest BCUT2D eigenvalue weighted by molar-refractivity contribution is 7.11. The Morgan fingerprint density at radius 2 is 2.42 bits per heavy atom. The molecule has 1 aromatic rings. The summed E-state index contributed by atoms with van der Waals surface area (Å²) < 4.78 is 0. The topological polar surface area (TPSA) is 39.9 Å². The highest BCUT2D eigenvalue weighted by Gasteiger charge is 2.01. The summed E-state index contributed by atoms with van der Waals surface area (Å²) in [5.74, 6) is 0. The molecule has 0 N–H and O–H groups in total. The van der Waals surface area contributed by atoms with E-state index < -0.39 is 0 Å². The van der Waals surface area contributed by atoms with E-state index >= 15 is 0 Å². The molecule has 0 atom stereocenters. The maximum atomic E-state index is 8.43. The van der Waals surface area contributed by atoms with E-state index in [4.69, 9.17) is 5.26 Å². The monoisotopic (exact) mass is 181 g/mol. The number of nitrogens with zero attached hydrogens (tertiary/aromatic N) is 3. The van der Waals surface area contributed by atoms with Crippen LogP contribution in [0.1, 0.15) is 9.88 Å². The van der Waals surface area contributed by atoms with E-state index in [1.807, 2.05) is 14.1 Å². The number of hydrogen-bond acceptors (Lipinski definition) is 4. The van der Waals surface area contributed by atoms with Crippen molar-refractivity contribution in [3.8, 4) is 6.07 Å². The molecule has 0 saturated carbocycles. The summed E-state index contributed by atoms with van der Waals surface area (Å²) in [5.41, 5.74) is 0. The zero-order valence-electron chi connectivity index (χ0n) is 7.24. The molecule has 0 amide bonds. The highest BCUT2D eigenvalue weighted by Crippen LogP contribution is 2.13. The van der Waals surface area contributed by atoms with Crippen molar-refractivity contribution >= 4 is 11.3 Å². The second kappa shape index (κ2) is 4.19. The molecule has 12 heavy (non-hydrogen) atoms. The Kier molecular flexibility index (Phi) is 3.20. The first-order valence-electron chi connectivity index (χ1n) is 3.67. The Morgan fingerprint density at radius 1 is 1.67 bits per heavy atom. The molecule has 0 aliphatic carbocycles. The molecule has 0 aromatic carbocycles. The molecule has 0 spiro atoms. The smallest absolute Gasteiger partial charge is 0.107 e. The summed E-state index contributed by atoms with van der Waals surface area (Å²) in [6, 6.07) is 2.11. The van der Waals surface area contributed by atoms with Gasteiger partial charge in [-0.25, -0.2) is 4.98 Å². The first kappa shape index (κ1) is 9.17. The van der Waals surface area contributed by atoms with Crippen molar-refractivity contribution in [2.45, 2.75) is 13.0 Å². The lowest BCUT2D eigenvalue weighted by Crippen LogP contribution is -2.09.